The lowest BCUT2D eigenvalue weighted by Crippen LogP contribution is -2.52. The molecule has 1 aliphatic rings. The van der Waals surface area contributed by atoms with Crippen molar-refractivity contribution in [1.29, 1.82) is 0 Å². The summed E-state index contributed by atoms with van der Waals surface area (Å²) < 4.78 is 21.1. The number of carbonyl (C=O) groups excluding carboxylic acids is 1. The summed E-state index contributed by atoms with van der Waals surface area (Å²) in [4.78, 5) is 20.9. The minimum atomic E-state index is -0.264. The van der Waals surface area contributed by atoms with Gasteiger partial charge in [0, 0.05) is 39.3 Å². The summed E-state index contributed by atoms with van der Waals surface area (Å²) in [7, 11) is 6.26. The van der Waals surface area contributed by atoms with E-state index in [-0.39, 0.29) is 11.9 Å². The summed E-state index contributed by atoms with van der Waals surface area (Å²) in [5, 5.41) is 3.33. The van der Waals surface area contributed by atoms with Crippen molar-refractivity contribution >= 4 is 11.9 Å². The standard InChI is InChI=1S/C22H36N4O5/c1-7-23-22(24-14-16(2)21(27)31-6)26-10-8-25(9-11-26)15-17-12-18(28-3)20(30-5)19(13-17)29-4/h12-13,16H,7-11,14-15H2,1-6H3,(H,23,24). The highest BCUT2D eigenvalue weighted by Gasteiger charge is 2.22. The quantitative estimate of drug-likeness (QED) is 0.355. The van der Waals surface area contributed by atoms with Gasteiger partial charge in [0.2, 0.25) is 5.75 Å². The van der Waals surface area contributed by atoms with Crippen molar-refractivity contribution < 1.29 is 23.7 Å². The second-order valence-corrected chi connectivity index (χ2v) is 7.42. The predicted molar refractivity (Wildman–Crippen MR) is 120 cm³/mol. The molecule has 1 N–H and O–H groups in total. The Morgan fingerprint density at radius 2 is 1.68 bits per heavy atom. The van der Waals surface area contributed by atoms with Gasteiger partial charge in [-0.05, 0) is 24.6 Å². The first-order valence-corrected chi connectivity index (χ1v) is 10.6. The third kappa shape index (κ3) is 6.65. The lowest BCUT2D eigenvalue weighted by atomic mass is 10.1. The zero-order valence-electron chi connectivity index (χ0n) is 19.6. The van der Waals surface area contributed by atoms with Gasteiger partial charge in [0.05, 0.1) is 40.9 Å². The fourth-order valence-electron chi connectivity index (χ4n) is 3.53. The van der Waals surface area contributed by atoms with Crippen LogP contribution in [0.4, 0.5) is 0 Å². The van der Waals surface area contributed by atoms with Gasteiger partial charge in [-0.25, -0.2) is 0 Å². The molecule has 0 spiro atoms. The lowest BCUT2D eigenvalue weighted by Gasteiger charge is -2.36. The Hall–Kier alpha value is -2.68. The molecule has 1 atom stereocenters. The fraction of sp³-hybridized carbons (Fsp3) is 0.636. The minimum absolute atomic E-state index is 0.241. The van der Waals surface area contributed by atoms with Crippen LogP contribution in [-0.2, 0) is 16.1 Å². The van der Waals surface area contributed by atoms with Gasteiger partial charge in [-0.2, -0.15) is 0 Å². The smallest absolute Gasteiger partial charge is 0.310 e. The average molecular weight is 437 g/mol. The van der Waals surface area contributed by atoms with Crippen molar-refractivity contribution in [1.82, 2.24) is 15.1 Å². The number of carbonyl (C=O) groups is 1. The van der Waals surface area contributed by atoms with Crippen LogP contribution in [0.2, 0.25) is 0 Å². The number of nitrogens with one attached hydrogen (secondary N) is 1. The number of piperazine rings is 1. The molecule has 0 bridgehead atoms. The van der Waals surface area contributed by atoms with E-state index >= 15 is 0 Å². The van der Waals surface area contributed by atoms with Crippen LogP contribution in [0.15, 0.2) is 17.1 Å². The fourth-order valence-corrected chi connectivity index (χ4v) is 3.53. The van der Waals surface area contributed by atoms with E-state index < -0.39 is 0 Å². The Kier molecular flexibility index (Phi) is 9.71. The van der Waals surface area contributed by atoms with Crippen molar-refractivity contribution in [2.45, 2.75) is 20.4 Å². The van der Waals surface area contributed by atoms with E-state index in [1.165, 1.54) is 7.11 Å². The van der Waals surface area contributed by atoms with Gasteiger partial charge in [-0.1, -0.05) is 6.92 Å². The predicted octanol–water partition coefficient (Wildman–Crippen LogP) is 1.60. The molecule has 1 saturated heterocycles. The number of methoxy groups -OCH3 is 4. The Balaban J connectivity index is 2.00. The Morgan fingerprint density at radius 1 is 1.06 bits per heavy atom. The highest BCUT2D eigenvalue weighted by Crippen LogP contribution is 2.38. The monoisotopic (exact) mass is 436 g/mol. The van der Waals surface area contributed by atoms with Gasteiger partial charge >= 0.3 is 5.97 Å². The molecule has 1 aromatic carbocycles. The first-order chi connectivity index (χ1) is 15.0. The molecule has 0 radical (unpaired) electrons. The maximum absolute atomic E-state index is 11.6. The average Bonchev–Trinajstić information content (AvgIpc) is 2.80. The third-order valence-corrected chi connectivity index (χ3v) is 5.26. The largest absolute Gasteiger partial charge is 0.493 e. The second-order valence-electron chi connectivity index (χ2n) is 7.42. The van der Waals surface area contributed by atoms with E-state index in [0.717, 1.165) is 50.8 Å². The van der Waals surface area contributed by atoms with Crippen LogP contribution in [0, 0.1) is 5.92 Å². The van der Waals surface area contributed by atoms with E-state index in [0.29, 0.717) is 23.8 Å². The zero-order valence-corrected chi connectivity index (χ0v) is 19.6. The van der Waals surface area contributed by atoms with Crippen molar-refractivity contribution in [2.75, 3.05) is 67.7 Å². The molecule has 174 valence electrons. The van der Waals surface area contributed by atoms with Gasteiger partial charge in [-0.3, -0.25) is 14.7 Å². The van der Waals surface area contributed by atoms with Gasteiger partial charge in [0.25, 0.3) is 0 Å². The minimum Gasteiger partial charge on any atom is -0.493 e. The van der Waals surface area contributed by atoms with E-state index in [4.69, 9.17) is 18.9 Å². The molecule has 1 heterocycles. The van der Waals surface area contributed by atoms with Crippen LogP contribution in [0.25, 0.3) is 0 Å². The molecule has 9 heteroatoms. The van der Waals surface area contributed by atoms with Gasteiger partial charge in [-0.15, -0.1) is 0 Å². The number of esters is 1. The van der Waals surface area contributed by atoms with Crippen molar-refractivity contribution in [3.8, 4) is 17.2 Å². The second kappa shape index (κ2) is 12.2. The molecular weight excluding hydrogens is 400 g/mol. The van der Waals surface area contributed by atoms with Gasteiger partial charge in [0.1, 0.15) is 0 Å². The van der Waals surface area contributed by atoms with Crippen LogP contribution in [0.1, 0.15) is 19.4 Å². The summed E-state index contributed by atoms with van der Waals surface area (Å²) in [5.41, 5.74) is 1.11. The van der Waals surface area contributed by atoms with Crippen molar-refractivity contribution in [3.63, 3.8) is 0 Å². The first-order valence-electron chi connectivity index (χ1n) is 10.6. The van der Waals surface area contributed by atoms with Crippen molar-refractivity contribution in [2.24, 2.45) is 10.9 Å². The number of aliphatic imine (C=N–C) groups is 1. The van der Waals surface area contributed by atoms with Gasteiger partial charge in [0.15, 0.2) is 17.5 Å². The summed E-state index contributed by atoms with van der Waals surface area (Å²) in [6, 6.07) is 3.99. The number of guanidine groups is 1. The molecule has 1 unspecified atom stereocenters. The molecule has 0 aliphatic carbocycles. The Morgan fingerprint density at radius 3 is 2.16 bits per heavy atom. The Bertz CT molecular complexity index is 722. The van der Waals surface area contributed by atoms with Crippen LogP contribution < -0.4 is 19.5 Å². The highest BCUT2D eigenvalue weighted by atomic mass is 16.5. The summed E-state index contributed by atoms with van der Waals surface area (Å²) in [6.07, 6.45) is 0. The maximum Gasteiger partial charge on any atom is 0.310 e. The number of benzene rings is 1. The molecule has 31 heavy (non-hydrogen) atoms. The third-order valence-electron chi connectivity index (χ3n) is 5.26. The molecule has 0 saturated carbocycles. The first kappa shape index (κ1) is 24.6. The molecule has 0 amide bonds. The number of nitrogens with zero attached hydrogens (tertiary/aromatic N) is 3. The number of hydrogen-bond acceptors (Lipinski definition) is 7. The SMILES string of the molecule is CCNC(=NCC(C)C(=O)OC)N1CCN(Cc2cc(OC)c(OC)c(OC)c2)CC1. The van der Waals surface area contributed by atoms with E-state index in [1.54, 1.807) is 21.3 Å². The highest BCUT2D eigenvalue weighted by molar-refractivity contribution is 5.80. The van der Waals surface area contributed by atoms with E-state index in [1.807, 2.05) is 26.0 Å². The maximum atomic E-state index is 11.6. The molecule has 1 aromatic rings. The molecule has 1 aliphatic heterocycles. The van der Waals surface area contributed by atoms with Crippen LogP contribution >= 0.6 is 0 Å². The number of ether oxygens (including phenoxy) is 4. The van der Waals surface area contributed by atoms with E-state index in [2.05, 4.69) is 20.1 Å². The summed E-state index contributed by atoms with van der Waals surface area (Å²) in [5.74, 6) is 2.26. The van der Waals surface area contributed by atoms with Crippen molar-refractivity contribution in [3.05, 3.63) is 17.7 Å². The topological polar surface area (TPSA) is 84.9 Å². The Labute approximate surface area is 185 Å². The number of rotatable bonds is 9. The van der Waals surface area contributed by atoms with Crippen LogP contribution in [0.3, 0.4) is 0 Å². The lowest BCUT2D eigenvalue weighted by molar-refractivity contribution is -0.144. The molecular formula is C22H36N4O5. The molecule has 2 rings (SSSR count). The normalized spacial score (nSPS) is 15.9. The summed E-state index contributed by atoms with van der Waals surface area (Å²) >= 11 is 0. The zero-order chi connectivity index (χ0) is 22.8. The van der Waals surface area contributed by atoms with Crippen LogP contribution in [-0.4, -0.2) is 89.4 Å². The van der Waals surface area contributed by atoms with E-state index in [9.17, 15) is 4.79 Å². The summed E-state index contributed by atoms with van der Waals surface area (Å²) in [6.45, 7) is 9.33. The molecule has 0 aromatic heterocycles. The number of hydrogen-bond donors (Lipinski definition) is 1. The van der Waals surface area contributed by atoms with Gasteiger partial charge < -0.3 is 29.2 Å². The molecule has 9 nitrogen and oxygen atoms in total. The van der Waals surface area contributed by atoms with Crippen LogP contribution in [0.5, 0.6) is 17.2 Å². The molecule has 1 fully saturated rings.